The third-order valence-corrected chi connectivity index (χ3v) is 1.32. The lowest BCUT2D eigenvalue weighted by Gasteiger charge is -2.08. The summed E-state index contributed by atoms with van der Waals surface area (Å²) in [7, 11) is 0. The van der Waals surface area contributed by atoms with Crippen molar-refractivity contribution in [3.05, 3.63) is 29.8 Å². The van der Waals surface area contributed by atoms with Gasteiger partial charge in [0.25, 0.3) is 0 Å². The van der Waals surface area contributed by atoms with E-state index in [1.165, 1.54) is 24.4 Å². The Morgan fingerprint density at radius 2 is 2.07 bits per heavy atom. The van der Waals surface area contributed by atoms with Gasteiger partial charge in [0.05, 0.1) is 6.21 Å². The van der Waals surface area contributed by atoms with Crippen molar-refractivity contribution in [1.82, 2.24) is 0 Å². The Morgan fingerprint density at radius 3 is 2.64 bits per heavy atom. The Hall–Kier alpha value is -1.72. The smallest absolute Gasteiger partial charge is 0.406 e. The van der Waals surface area contributed by atoms with Gasteiger partial charge in [0.2, 0.25) is 0 Å². The van der Waals surface area contributed by atoms with Crippen molar-refractivity contribution in [2.24, 2.45) is 10.9 Å². The normalized spacial score (nSPS) is 11.9. The van der Waals surface area contributed by atoms with Crippen molar-refractivity contribution < 1.29 is 17.9 Å². The summed E-state index contributed by atoms with van der Waals surface area (Å²) in [5, 5.41) is 3.18. The molecule has 0 aliphatic heterocycles. The Labute approximate surface area is 78.0 Å². The van der Waals surface area contributed by atoms with E-state index < -0.39 is 6.36 Å². The molecule has 0 saturated heterocycles. The highest BCUT2D eigenvalue weighted by molar-refractivity contribution is 5.79. The molecule has 3 nitrogen and oxygen atoms in total. The molecular weight excluding hydrogens is 197 g/mol. The first-order valence-corrected chi connectivity index (χ1v) is 3.60. The molecule has 2 N–H and O–H groups in total. The first-order valence-electron chi connectivity index (χ1n) is 3.60. The van der Waals surface area contributed by atoms with Crippen LogP contribution in [0.5, 0.6) is 5.75 Å². The van der Waals surface area contributed by atoms with Gasteiger partial charge in [0.1, 0.15) is 5.75 Å². The number of hydrazone groups is 1. The molecule has 1 aromatic rings. The van der Waals surface area contributed by atoms with E-state index in [9.17, 15) is 13.2 Å². The first-order chi connectivity index (χ1) is 6.51. The van der Waals surface area contributed by atoms with Gasteiger partial charge >= 0.3 is 6.36 Å². The third kappa shape index (κ3) is 3.34. The van der Waals surface area contributed by atoms with Gasteiger partial charge in [-0.3, -0.25) is 0 Å². The molecule has 14 heavy (non-hydrogen) atoms. The number of alkyl halides is 3. The molecule has 76 valence electrons. The minimum Gasteiger partial charge on any atom is -0.406 e. The van der Waals surface area contributed by atoms with Crippen LogP contribution >= 0.6 is 0 Å². The van der Waals surface area contributed by atoms with Crippen LogP contribution in [0.25, 0.3) is 0 Å². The number of ether oxygens (including phenoxy) is 1. The fourth-order valence-corrected chi connectivity index (χ4v) is 0.878. The summed E-state index contributed by atoms with van der Waals surface area (Å²) in [5.41, 5.74) is 0.439. The Morgan fingerprint density at radius 1 is 1.36 bits per heavy atom. The highest BCUT2D eigenvalue weighted by Gasteiger charge is 2.30. The molecule has 6 heteroatoms. The van der Waals surface area contributed by atoms with Gasteiger partial charge in [-0.05, 0) is 17.7 Å². The first kappa shape index (κ1) is 10.4. The molecular formula is C8H7F3N2O. The molecule has 0 aliphatic rings. The maximum atomic E-state index is 11.8. The van der Waals surface area contributed by atoms with Gasteiger partial charge in [-0.1, -0.05) is 12.1 Å². The molecule has 0 amide bonds. The predicted molar refractivity (Wildman–Crippen MR) is 44.9 cm³/mol. The van der Waals surface area contributed by atoms with Gasteiger partial charge in [-0.15, -0.1) is 13.2 Å². The van der Waals surface area contributed by atoms with Crippen LogP contribution in [0.1, 0.15) is 5.56 Å². The van der Waals surface area contributed by atoms with Crippen LogP contribution in [0.15, 0.2) is 29.4 Å². The summed E-state index contributed by atoms with van der Waals surface area (Å²) in [6.07, 6.45) is -3.46. The number of nitrogens with two attached hydrogens (primary N) is 1. The largest absolute Gasteiger partial charge is 0.573 e. The van der Waals surface area contributed by atoms with E-state index >= 15 is 0 Å². The second-order valence-electron chi connectivity index (χ2n) is 2.40. The molecule has 1 aromatic carbocycles. The molecule has 0 radical (unpaired) electrons. The number of benzene rings is 1. The van der Waals surface area contributed by atoms with Crippen molar-refractivity contribution in [1.29, 1.82) is 0 Å². The Balaban J connectivity index is 2.84. The lowest BCUT2D eigenvalue weighted by atomic mass is 10.2. The molecule has 0 bridgehead atoms. The van der Waals surface area contributed by atoms with Gasteiger partial charge in [0, 0.05) is 0 Å². The maximum Gasteiger partial charge on any atom is 0.573 e. The van der Waals surface area contributed by atoms with Crippen LogP contribution in [-0.2, 0) is 0 Å². The number of hydrogen-bond donors (Lipinski definition) is 1. The molecule has 0 spiro atoms. The minimum atomic E-state index is -4.68. The molecule has 0 unspecified atom stereocenters. The number of hydrogen-bond acceptors (Lipinski definition) is 3. The van der Waals surface area contributed by atoms with E-state index in [1.807, 2.05) is 0 Å². The second kappa shape index (κ2) is 3.99. The zero-order valence-electron chi connectivity index (χ0n) is 6.95. The van der Waals surface area contributed by atoms with Crippen molar-refractivity contribution >= 4 is 6.21 Å². The van der Waals surface area contributed by atoms with E-state index in [4.69, 9.17) is 5.84 Å². The van der Waals surface area contributed by atoms with Crippen molar-refractivity contribution in [2.75, 3.05) is 0 Å². The molecule has 0 atom stereocenters. The third-order valence-electron chi connectivity index (χ3n) is 1.32. The zero-order chi connectivity index (χ0) is 10.6. The van der Waals surface area contributed by atoms with Crippen molar-refractivity contribution in [3.8, 4) is 5.75 Å². The van der Waals surface area contributed by atoms with Crippen LogP contribution in [0.3, 0.4) is 0 Å². The topological polar surface area (TPSA) is 47.6 Å². The molecule has 0 saturated carbocycles. The molecule has 1 rings (SSSR count). The molecule has 0 fully saturated rings. The number of rotatable bonds is 2. The standard InChI is InChI=1S/C8H7F3N2O/c9-8(10,11)14-7-3-1-2-6(4-7)5-13-12/h1-5H,12H2/b13-5+. The minimum absolute atomic E-state index is 0.296. The van der Waals surface area contributed by atoms with E-state index in [0.717, 1.165) is 0 Å². The Bertz CT molecular complexity index is 336. The summed E-state index contributed by atoms with van der Waals surface area (Å²) in [6.45, 7) is 0. The summed E-state index contributed by atoms with van der Waals surface area (Å²) >= 11 is 0. The van der Waals surface area contributed by atoms with E-state index in [0.29, 0.717) is 5.56 Å². The summed E-state index contributed by atoms with van der Waals surface area (Å²) in [4.78, 5) is 0. The lowest BCUT2D eigenvalue weighted by Crippen LogP contribution is -2.17. The predicted octanol–water partition coefficient (Wildman–Crippen LogP) is 1.88. The molecule has 0 aromatic heterocycles. The number of nitrogens with zero attached hydrogens (tertiary/aromatic N) is 1. The quantitative estimate of drug-likeness (QED) is 0.454. The fourth-order valence-electron chi connectivity index (χ4n) is 0.878. The van der Waals surface area contributed by atoms with Crippen LogP contribution in [-0.4, -0.2) is 12.6 Å². The zero-order valence-corrected chi connectivity index (χ0v) is 6.95. The van der Waals surface area contributed by atoms with Crippen LogP contribution < -0.4 is 10.6 Å². The maximum absolute atomic E-state index is 11.8. The van der Waals surface area contributed by atoms with E-state index in [-0.39, 0.29) is 5.75 Å². The fraction of sp³-hybridized carbons (Fsp3) is 0.125. The van der Waals surface area contributed by atoms with Crippen LogP contribution in [0.4, 0.5) is 13.2 Å². The van der Waals surface area contributed by atoms with Crippen molar-refractivity contribution in [3.63, 3.8) is 0 Å². The average molecular weight is 204 g/mol. The van der Waals surface area contributed by atoms with E-state index in [2.05, 4.69) is 9.84 Å². The monoisotopic (exact) mass is 204 g/mol. The summed E-state index contributed by atoms with van der Waals surface area (Å²) in [5.74, 6) is 4.55. The molecule has 0 aliphatic carbocycles. The van der Waals surface area contributed by atoms with Crippen molar-refractivity contribution in [2.45, 2.75) is 6.36 Å². The summed E-state index contributed by atoms with van der Waals surface area (Å²) in [6, 6.07) is 5.35. The van der Waals surface area contributed by atoms with Gasteiger partial charge in [-0.25, -0.2) is 0 Å². The molecule has 0 heterocycles. The van der Waals surface area contributed by atoms with Crippen LogP contribution in [0.2, 0.25) is 0 Å². The van der Waals surface area contributed by atoms with Gasteiger partial charge < -0.3 is 10.6 Å². The highest BCUT2D eigenvalue weighted by Crippen LogP contribution is 2.22. The average Bonchev–Trinajstić information content (AvgIpc) is 2.02. The van der Waals surface area contributed by atoms with Gasteiger partial charge in [-0.2, -0.15) is 5.10 Å². The van der Waals surface area contributed by atoms with Crippen LogP contribution in [0, 0.1) is 0 Å². The second-order valence-corrected chi connectivity index (χ2v) is 2.40. The Kier molecular flexibility index (Phi) is 2.95. The SMILES string of the molecule is N/N=C/c1cccc(OC(F)(F)F)c1. The summed E-state index contributed by atoms with van der Waals surface area (Å²) < 4.78 is 39.0. The lowest BCUT2D eigenvalue weighted by molar-refractivity contribution is -0.274. The van der Waals surface area contributed by atoms with Gasteiger partial charge in [0.15, 0.2) is 0 Å². The highest BCUT2D eigenvalue weighted by atomic mass is 19.4. The van der Waals surface area contributed by atoms with E-state index in [1.54, 1.807) is 6.07 Å². The number of halogens is 3.